The number of nitrogens with zero attached hydrogens (tertiary/aromatic N) is 4. The smallest absolute Gasteiger partial charge is 0.174 e. The molecule has 0 spiro atoms. The number of benzene rings is 1. The predicted octanol–water partition coefficient (Wildman–Crippen LogP) is 5.39. The summed E-state index contributed by atoms with van der Waals surface area (Å²) in [5.41, 5.74) is 6.17. The van der Waals surface area contributed by atoms with Gasteiger partial charge in [-0.1, -0.05) is 12.1 Å². The van der Waals surface area contributed by atoms with Crippen LogP contribution < -0.4 is 19.7 Å². The third-order valence-corrected chi connectivity index (χ3v) is 6.97. The van der Waals surface area contributed by atoms with Crippen LogP contribution in [-0.2, 0) is 0 Å². The van der Waals surface area contributed by atoms with Gasteiger partial charge in [0.1, 0.15) is 17.3 Å². The van der Waals surface area contributed by atoms with E-state index >= 15 is 0 Å². The highest BCUT2D eigenvalue weighted by atomic mass is 32.1. The number of ether oxygens (including phenoxy) is 2. The molecule has 1 aromatic carbocycles. The molecule has 4 aromatic rings. The molecule has 0 saturated carbocycles. The van der Waals surface area contributed by atoms with E-state index in [1.54, 1.807) is 14.2 Å². The maximum Gasteiger partial charge on any atom is 0.174 e. The first-order chi connectivity index (χ1) is 17.4. The van der Waals surface area contributed by atoms with Crippen LogP contribution >= 0.6 is 12.2 Å². The van der Waals surface area contributed by atoms with Gasteiger partial charge in [0.15, 0.2) is 5.11 Å². The number of methoxy groups -OCH3 is 2. The van der Waals surface area contributed by atoms with Gasteiger partial charge in [-0.2, -0.15) is 0 Å². The molecule has 7 nitrogen and oxygen atoms in total. The van der Waals surface area contributed by atoms with Gasteiger partial charge in [0.2, 0.25) is 0 Å². The lowest BCUT2D eigenvalue weighted by molar-refractivity contribution is 0.403. The molecule has 1 aliphatic rings. The quantitative estimate of drug-likeness (QED) is 0.357. The number of pyridine rings is 2. The molecular formula is C28H29N5O2S. The monoisotopic (exact) mass is 499 g/mol. The number of thiocarbonyl (C=S) groups is 1. The number of hydrogen-bond donors (Lipinski definition) is 1. The third-order valence-electron chi connectivity index (χ3n) is 6.66. The summed E-state index contributed by atoms with van der Waals surface area (Å²) in [6, 6.07) is 17.7. The van der Waals surface area contributed by atoms with Crippen molar-refractivity contribution >= 4 is 23.0 Å². The van der Waals surface area contributed by atoms with E-state index in [1.165, 1.54) is 0 Å². The maximum atomic E-state index is 5.93. The van der Waals surface area contributed by atoms with Crippen molar-refractivity contribution in [2.75, 3.05) is 19.1 Å². The molecule has 1 N–H and O–H groups in total. The molecule has 3 aromatic heterocycles. The van der Waals surface area contributed by atoms with Crippen molar-refractivity contribution in [3.8, 4) is 17.3 Å². The second-order valence-corrected chi connectivity index (χ2v) is 9.28. The van der Waals surface area contributed by atoms with E-state index in [9.17, 15) is 0 Å². The summed E-state index contributed by atoms with van der Waals surface area (Å²) in [4.78, 5) is 11.5. The Morgan fingerprint density at radius 3 is 2.44 bits per heavy atom. The lowest BCUT2D eigenvalue weighted by Gasteiger charge is -2.29. The molecule has 184 valence electrons. The molecule has 0 aliphatic carbocycles. The first-order valence-electron chi connectivity index (χ1n) is 11.8. The van der Waals surface area contributed by atoms with Crippen LogP contribution in [0.5, 0.6) is 11.5 Å². The van der Waals surface area contributed by atoms with Crippen LogP contribution in [0.4, 0.5) is 5.69 Å². The maximum absolute atomic E-state index is 5.93. The van der Waals surface area contributed by atoms with Crippen molar-refractivity contribution in [1.82, 2.24) is 19.9 Å². The van der Waals surface area contributed by atoms with Gasteiger partial charge < -0.3 is 24.3 Å². The Hall–Kier alpha value is -3.91. The summed E-state index contributed by atoms with van der Waals surface area (Å²) in [6.07, 6.45) is 3.70. The fraction of sp³-hybridized carbons (Fsp3) is 0.250. The van der Waals surface area contributed by atoms with Crippen LogP contribution in [0, 0.1) is 20.8 Å². The van der Waals surface area contributed by atoms with Gasteiger partial charge in [-0.25, -0.2) is 4.98 Å². The molecule has 8 heteroatoms. The van der Waals surface area contributed by atoms with E-state index in [0.717, 1.165) is 45.5 Å². The summed E-state index contributed by atoms with van der Waals surface area (Å²) in [7, 11) is 3.32. The SMILES string of the molecule is COc1ccc(OC)c(N2C(=S)NC(c3ccccn3)C2c2cc(C)n(-c3ccc(C)cn3)c2C)c1. The van der Waals surface area contributed by atoms with Crippen molar-refractivity contribution in [1.29, 1.82) is 0 Å². The Morgan fingerprint density at radius 1 is 0.944 bits per heavy atom. The minimum absolute atomic E-state index is 0.172. The predicted molar refractivity (Wildman–Crippen MR) is 145 cm³/mol. The first kappa shape index (κ1) is 23.8. The molecule has 0 radical (unpaired) electrons. The van der Waals surface area contributed by atoms with E-state index in [2.05, 4.69) is 56.8 Å². The fourth-order valence-corrected chi connectivity index (χ4v) is 5.29. The minimum atomic E-state index is -0.182. The fourth-order valence-electron chi connectivity index (χ4n) is 4.95. The van der Waals surface area contributed by atoms with Crippen LogP contribution in [0.2, 0.25) is 0 Å². The zero-order valence-electron chi connectivity index (χ0n) is 21.0. The molecule has 1 saturated heterocycles. The molecule has 1 fully saturated rings. The van der Waals surface area contributed by atoms with Crippen molar-refractivity contribution in [3.05, 3.63) is 95.2 Å². The molecular weight excluding hydrogens is 470 g/mol. The second-order valence-electron chi connectivity index (χ2n) is 8.89. The van der Waals surface area contributed by atoms with E-state index in [0.29, 0.717) is 10.9 Å². The summed E-state index contributed by atoms with van der Waals surface area (Å²) in [5, 5.41) is 4.13. The summed E-state index contributed by atoms with van der Waals surface area (Å²) < 4.78 is 13.5. The lowest BCUT2D eigenvalue weighted by atomic mass is 9.96. The van der Waals surface area contributed by atoms with E-state index in [1.807, 2.05) is 55.7 Å². The number of hydrogen-bond acceptors (Lipinski definition) is 5. The Kier molecular flexibility index (Phi) is 6.36. The molecule has 2 unspecified atom stereocenters. The Morgan fingerprint density at radius 2 is 1.78 bits per heavy atom. The highest BCUT2D eigenvalue weighted by Gasteiger charge is 2.43. The average Bonchev–Trinajstić information content (AvgIpc) is 3.39. The number of rotatable bonds is 6. The van der Waals surface area contributed by atoms with E-state index < -0.39 is 0 Å². The summed E-state index contributed by atoms with van der Waals surface area (Å²) in [5.74, 6) is 2.32. The summed E-state index contributed by atoms with van der Waals surface area (Å²) in [6.45, 7) is 6.27. The normalized spacial score (nSPS) is 17.2. The number of aromatic nitrogens is 3. The molecule has 5 rings (SSSR count). The van der Waals surface area contributed by atoms with Gasteiger partial charge in [0.05, 0.1) is 37.7 Å². The van der Waals surface area contributed by atoms with Crippen molar-refractivity contribution in [3.63, 3.8) is 0 Å². The number of aryl methyl sites for hydroxylation is 2. The zero-order chi connectivity index (χ0) is 25.4. The van der Waals surface area contributed by atoms with Gasteiger partial charge in [-0.05, 0) is 80.5 Å². The molecule has 2 atom stereocenters. The van der Waals surface area contributed by atoms with Gasteiger partial charge in [0.25, 0.3) is 0 Å². The third kappa shape index (κ3) is 4.07. The summed E-state index contributed by atoms with van der Waals surface area (Å²) >= 11 is 5.93. The van der Waals surface area contributed by atoms with Crippen LogP contribution in [0.15, 0.2) is 67.0 Å². The molecule has 4 heterocycles. The molecule has 0 bridgehead atoms. The number of nitrogens with one attached hydrogen (secondary N) is 1. The van der Waals surface area contributed by atoms with Gasteiger partial charge in [0, 0.05) is 29.8 Å². The van der Waals surface area contributed by atoms with Crippen LogP contribution in [0.25, 0.3) is 5.82 Å². The topological polar surface area (TPSA) is 64.4 Å². The Bertz CT molecular complexity index is 1400. The highest BCUT2D eigenvalue weighted by Crippen LogP contribution is 2.47. The molecule has 0 amide bonds. The van der Waals surface area contributed by atoms with E-state index in [4.69, 9.17) is 21.7 Å². The van der Waals surface area contributed by atoms with Crippen LogP contribution in [-0.4, -0.2) is 33.9 Å². The van der Waals surface area contributed by atoms with E-state index in [-0.39, 0.29) is 12.1 Å². The Balaban J connectivity index is 1.71. The standard InChI is InChI=1S/C28H29N5O2S/c1-17-9-12-25(30-16-17)32-18(2)14-21(19(32)3)27-26(22-8-6-7-13-29-22)31-28(36)33(27)23-15-20(34-4)10-11-24(23)35-5/h6-16,26-27H,1-5H3,(H,31,36). The first-order valence-corrected chi connectivity index (χ1v) is 12.2. The molecule has 1 aliphatic heterocycles. The largest absolute Gasteiger partial charge is 0.497 e. The highest BCUT2D eigenvalue weighted by molar-refractivity contribution is 7.80. The van der Waals surface area contributed by atoms with Crippen molar-refractivity contribution in [2.45, 2.75) is 32.9 Å². The van der Waals surface area contributed by atoms with Crippen LogP contribution in [0.1, 0.15) is 40.3 Å². The molecule has 36 heavy (non-hydrogen) atoms. The lowest BCUT2D eigenvalue weighted by Crippen LogP contribution is -2.30. The van der Waals surface area contributed by atoms with Crippen molar-refractivity contribution < 1.29 is 9.47 Å². The van der Waals surface area contributed by atoms with Gasteiger partial charge >= 0.3 is 0 Å². The minimum Gasteiger partial charge on any atom is -0.497 e. The van der Waals surface area contributed by atoms with Crippen molar-refractivity contribution in [2.24, 2.45) is 0 Å². The Labute approximate surface area is 216 Å². The van der Waals surface area contributed by atoms with Gasteiger partial charge in [-0.15, -0.1) is 0 Å². The number of anilines is 1. The second kappa shape index (κ2) is 9.62. The van der Waals surface area contributed by atoms with Crippen LogP contribution in [0.3, 0.4) is 0 Å². The zero-order valence-corrected chi connectivity index (χ0v) is 21.8. The van der Waals surface area contributed by atoms with Gasteiger partial charge in [-0.3, -0.25) is 4.98 Å². The average molecular weight is 500 g/mol.